The van der Waals surface area contributed by atoms with Crippen molar-refractivity contribution in [1.29, 1.82) is 0 Å². The second-order valence-corrected chi connectivity index (χ2v) is 6.75. The molecule has 2 unspecified atom stereocenters. The zero-order valence-corrected chi connectivity index (χ0v) is 14.7. The quantitative estimate of drug-likeness (QED) is 0.686. The molecule has 1 N–H and O–H groups in total. The van der Waals surface area contributed by atoms with Crippen LogP contribution in [0.3, 0.4) is 0 Å². The highest BCUT2D eigenvalue weighted by molar-refractivity contribution is 9.10. The minimum atomic E-state index is 0.120. The molecule has 0 amide bonds. The van der Waals surface area contributed by atoms with Gasteiger partial charge in [-0.2, -0.15) is 0 Å². The molecule has 0 saturated heterocycles. The third-order valence-electron chi connectivity index (χ3n) is 3.30. The van der Waals surface area contributed by atoms with Gasteiger partial charge in [0.1, 0.15) is 0 Å². The highest BCUT2D eigenvalue weighted by Crippen LogP contribution is 2.22. The maximum absolute atomic E-state index is 6.16. The van der Waals surface area contributed by atoms with Gasteiger partial charge in [0.15, 0.2) is 0 Å². The molecule has 0 aromatic heterocycles. The van der Waals surface area contributed by atoms with Gasteiger partial charge < -0.3 is 10.1 Å². The van der Waals surface area contributed by atoms with Crippen LogP contribution >= 0.6 is 15.9 Å². The van der Waals surface area contributed by atoms with Gasteiger partial charge in [-0.25, -0.2) is 0 Å². The van der Waals surface area contributed by atoms with Gasteiger partial charge in [-0.3, -0.25) is 0 Å². The van der Waals surface area contributed by atoms with Crippen molar-refractivity contribution < 1.29 is 4.74 Å². The fourth-order valence-electron chi connectivity index (χ4n) is 2.18. The lowest BCUT2D eigenvalue weighted by molar-refractivity contribution is 0.0288. The summed E-state index contributed by atoms with van der Waals surface area (Å²) >= 11 is 3.54. The van der Waals surface area contributed by atoms with E-state index in [0.29, 0.717) is 12.0 Å². The third-order valence-corrected chi connectivity index (χ3v) is 3.79. The molecule has 1 aromatic carbocycles. The summed E-state index contributed by atoms with van der Waals surface area (Å²) in [5.74, 6) is 0.619. The number of halogens is 1. The average Bonchev–Trinajstić information content (AvgIpc) is 2.38. The lowest BCUT2D eigenvalue weighted by Gasteiger charge is -2.22. The highest BCUT2D eigenvalue weighted by Gasteiger charge is 2.14. The topological polar surface area (TPSA) is 21.3 Å². The van der Waals surface area contributed by atoms with Gasteiger partial charge in [-0.05, 0) is 30.0 Å². The van der Waals surface area contributed by atoms with Crippen molar-refractivity contribution in [3.63, 3.8) is 0 Å². The number of hydrogen-bond acceptors (Lipinski definition) is 2. The summed E-state index contributed by atoms with van der Waals surface area (Å²) in [4.78, 5) is 0. The molecule has 0 aliphatic carbocycles. The summed E-state index contributed by atoms with van der Waals surface area (Å²) in [6, 6.07) is 8.89. The van der Waals surface area contributed by atoms with Crippen LogP contribution in [-0.4, -0.2) is 19.2 Å². The minimum Gasteiger partial charge on any atom is -0.372 e. The molecule has 2 atom stereocenters. The molecule has 0 aliphatic heterocycles. The molecule has 0 spiro atoms. The van der Waals surface area contributed by atoms with Gasteiger partial charge in [0, 0.05) is 17.1 Å². The molecule has 20 heavy (non-hydrogen) atoms. The Kier molecular flexibility index (Phi) is 8.43. The van der Waals surface area contributed by atoms with Crippen LogP contribution in [0.2, 0.25) is 0 Å². The zero-order chi connectivity index (χ0) is 15.0. The van der Waals surface area contributed by atoms with E-state index in [1.165, 1.54) is 18.4 Å². The molecule has 3 heteroatoms. The molecule has 1 aromatic rings. The Balaban J connectivity index is 2.64. The van der Waals surface area contributed by atoms with Crippen molar-refractivity contribution in [2.24, 2.45) is 5.92 Å². The first kappa shape index (κ1) is 17.7. The van der Waals surface area contributed by atoms with Gasteiger partial charge in [-0.1, -0.05) is 62.2 Å². The summed E-state index contributed by atoms with van der Waals surface area (Å²) < 4.78 is 7.27. The van der Waals surface area contributed by atoms with Crippen LogP contribution in [0, 0.1) is 5.92 Å². The molecule has 0 heterocycles. The molecule has 2 nitrogen and oxygen atoms in total. The first-order valence-electron chi connectivity index (χ1n) is 7.63. The van der Waals surface area contributed by atoms with E-state index in [-0.39, 0.29) is 6.10 Å². The Morgan fingerprint density at radius 3 is 2.60 bits per heavy atom. The number of ether oxygens (including phenoxy) is 1. The Labute approximate surface area is 132 Å². The molecule has 114 valence electrons. The number of nitrogens with one attached hydrogen (secondary N) is 1. The third kappa shape index (κ3) is 6.87. The predicted molar refractivity (Wildman–Crippen MR) is 90.0 cm³/mol. The maximum Gasteiger partial charge on any atom is 0.0949 e. The molecule has 0 fully saturated rings. The summed E-state index contributed by atoms with van der Waals surface area (Å²) in [5.41, 5.74) is 1.23. The van der Waals surface area contributed by atoms with Crippen LogP contribution in [0.15, 0.2) is 28.7 Å². The van der Waals surface area contributed by atoms with Crippen molar-refractivity contribution in [2.45, 2.75) is 52.7 Å². The fraction of sp³-hybridized carbons (Fsp3) is 0.647. The minimum absolute atomic E-state index is 0.120. The van der Waals surface area contributed by atoms with Crippen molar-refractivity contribution >= 4 is 15.9 Å². The molecule has 0 radical (unpaired) electrons. The molecular weight excluding hydrogens is 314 g/mol. The second kappa shape index (κ2) is 9.54. The largest absolute Gasteiger partial charge is 0.372 e. The van der Waals surface area contributed by atoms with Crippen LogP contribution in [0.1, 0.15) is 52.2 Å². The smallest absolute Gasteiger partial charge is 0.0949 e. The summed E-state index contributed by atoms with van der Waals surface area (Å²) in [6.45, 7) is 10.5. The normalized spacial score (nSPS) is 14.5. The monoisotopic (exact) mass is 341 g/mol. The molecule has 0 aliphatic rings. The van der Waals surface area contributed by atoms with Gasteiger partial charge in [0.25, 0.3) is 0 Å². The zero-order valence-electron chi connectivity index (χ0n) is 13.2. The van der Waals surface area contributed by atoms with E-state index >= 15 is 0 Å². The lowest BCUT2D eigenvalue weighted by Crippen LogP contribution is -2.29. The Morgan fingerprint density at radius 1 is 1.25 bits per heavy atom. The second-order valence-electron chi connectivity index (χ2n) is 5.83. The van der Waals surface area contributed by atoms with Gasteiger partial charge >= 0.3 is 0 Å². The van der Waals surface area contributed by atoms with Crippen LogP contribution in [0.4, 0.5) is 0 Å². The molecule has 1 rings (SSSR count). The van der Waals surface area contributed by atoms with E-state index in [1.807, 2.05) is 0 Å². The number of benzene rings is 1. The lowest BCUT2D eigenvalue weighted by atomic mass is 10.1. The van der Waals surface area contributed by atoms with Crippen molar-refractivity contribution in [3.8, 4) is 0 Å². The summed E-state index contributed by atoms with van der Waals surface area (Å²) in [6.07, 6.45) is 2.56. The van der Waals surface area contributed by atoms with E-state index in [1.54, 1.807) is 0 Å². The first-order valence-corrected chi connectivity index (χ1v) is 8.42. The van der Waals surface area contributed by atoms with E-state index in [2.05, 4.69) is 73.2 Å². The number of hydrogen-bond donors (Lipinski definition) is 1. The summed E-state index contributed by atoms with van der Waals surface area (Å²) in [7, 11) is 0. The maximum atomic E-state index is 6.16. The van der Waals surface area contributed by atoms with Crippen LogP contribution < -0.4 is 5.32 Å². The molecule has 0 bridgehead atoms. The predicted octanol–water partition coefficient (Wildman–Crippen LogP) is 4.94. The molecule has 0 saturated carbocycles. The van der Waals surface area contributed by atoms with Crippen molar-refractivity contribution in [1.82, 2.24) is 5.32 Å². The van der Waals surface area contributed by atoms with Crippen LogP contribution in [-0.2, 0) is 4.74 Å². The summed E-state index contributed by atoms with van der Waals surface area (Å²) in [5, 5.41) is 3.48. The Bertz CT molecular complexity index is 381. The SMILES string of the molecule is CCCC(C)COC(CNC(C)C)c1cccc(Br)c1. The van der Waals surface area contributed by atoms with Gasteiger partial charge in [0.2, 0.25) is 0 Å². The highest BCUT2D eigenvalue weighted by atomic mass is 79.9. The van der Waals surface area contributed by atoms with Crippen molar-refractivity contribution in [2.75, 3.05) is 13.2 Å². The van der Waals surface area contributed by atoms with E-state index < -0.39 is 0 Å². The van der Waals surface area contributed by atoms with E-state index in [4.69, 9.17) is 4.74 Å². The van der Waals surface area contributed by atoms with Gasteiger partial charge in [-0.15, -0.1) is 0 Å². The Morgan fingerprint density at radius 2 is 2.00 bits per heavy atom. The van der Waals surface area contributed by atoms with E-state index in [9.17, 15) is 0 Å². The number of rotatable bonds is 9. The standard InChI is InChI=1S/C17H28BrNO/c1-5-7-14(4)12-20-17(11-19-13(2)3)15-8-6-9-16(18)10-15/h6,8-10,13-14,17,19H,5,7,11-12H2,1-4H3. The van der Waals surface area contributed by atoms with Crippen LogP contribution in [0.5, 0.6) is 0 Å². The average molecular weight is 342 g/mol. The van der Waals surface area contributed by atoms with E-state index in [0.717, 1.165) is 17.6 Å². The van der Waals surface area contributed by atoms with Gasteiger partial charge in [0.05, 0.1) is 12.7 Å². The Hall–Kier alpha value is -0.380. The first-order chi connectivity index (χ1) is 9.52. The fourth-order valence-corrected chi connectivity index (χ4v) is 2.60. The van der Waals surface area contributed by atoms with Crippen molar-refractivity contribution in [3.05, 3.63) is 34.3 Å². The van der Waals surface area contributed by atoms with Crippen LogP contribution in [0.25, 0.3) is 0 Å². The molecular formula is C17H28BrNO.